The van der Waals surface area contributed by atoms with Gasteiger partial charge in [0.15, 0.2) is 0 Å². The van der Waals surface area contributed by atoms with Gasteiger partial charge < -0.3 is 5.73 Å². The Morgan fingerprint density at radius 2 is 1.85 bits per heavy atom. The summed E-state index contributed by atoms with van der Waals surface area (Å²) in [6.07, 6.45) is 3.46. The highest BCUT2D eigenvalue weighted by atomic mass is 19.3. The molecule has 2 N–H and O–H groups in total. The molecule has 0 heterocycles. The molecule has 3 heteroatoms. The van der Waals surface area contributed by atoms with Crippen molar-refractivity contribution in [3.05, 3.63) is 0 Å². The average molecular weight is 189 g/mol. The first kappa shape index (κ1) is 9.38. The van der Waals surface area contributed by atoms with Crippen LogP contribution in [0.3, 0.4) is 0 Å². The van der Waals surface area contributed by atoms with Crippen LogP contribution in [-0.4, -0.2) is 12.0 Å². The number of nitrogens with two attached hydrogens (primary N) is 1. The summed E-state index contributed by atoms with van der Waals surface area (Å²) in [6, 6.07) is 0.166. The monoisotopic (exact) mass is 189 g/mol. The largest absolute Gasteiger partial charge is 0.328 e. The summed E-state index contributed by atoms with van der Waals surface area (Å²) in [6.45, 7) is 1.86. The molecular weight excluding hydrogens is 172 g/mol. The number of rotatable bonds is 1. The second-order valence-electron chi connectivity index (χ2n) is 4.58. The van der Waals surface area contributed by atoms with Crippen molar-refractivity contribution in [2.45, 2.75) is 51.0 Å². The van der Waals surface area contributed by atoms with Gasteiger partial charge in [-0.2, -0.15) is 0 Å². The Morgan fingerprint density at radius 1 is 1.31 bits per heavy atom. The van der Waals surface area contributed by atoms with Crippen molar-refractivity contribution >= 4 is 0 Å². The number of halogens is 2. The van der Waals surface area contributed by atoms with E-state index >= 15 is 0 Å². The molecule has 1 spiro atoms. The molecular formula is C10H17F2N. The second-order valence-corrected chi connectivity index (χ2v) is 4.58. The van der Waals surface area contributed by atoms with Gasteiger partial charge in [-0.15, -0.1) is 0 Å². The quantitative estimate of drug-likeness (QED) is 0.674. The average Bonchev–Trinajstić information content (AvgIpc) is 2.54. The second kappa shape index (κ2) is 2.66. The van der Waals surface area contributed by atoms with Crippen LogP contribution in [0.5, 0.6) is 0 Å². The highest BCUT2D eigenvalue weighted by Gasteiger charge is 2.78. The summed E-state index contributed by atoms with van der Waals surface area (Å²) in [7, 11) is 0. The fourth-order valence-electron chi connectivity index (χ4n) is 3.08. The van der Waals surface area contributed by atoms with Crippen LogP contribution in [-0.2, 0) is 0 Å². The zero-order chi connectivity index (χ0) is 9.69. The van der Waals surface area contributed by atoms with Crippen LogP contribution in [0.2, 0.25) is 0 Å². The molecule has 0 amide bonds. The molecule has 0 radical (unpaired) electrons. The molecule has 1 atom stereocenters. The maximum atomic E-state index is 13.4. The Labute approximate surface area is 77.7 Å². The van der Waals surface area contributed by atoms with E-state index in [0.717, 1.165) is 12.8 Å². The van der Waals surface area contributed by atoms with E-state index < -0.39 is 11.3 Å². The number of hydrogen-bond donors (Lipinski definition) is 1. The van der Waals surface area contributed by atoms with Crippen molar-refractivity contribution in [3.63, 3.8) is 0 Å². The minimum Gasteiger partial charge on any atom is -0.328 e. The first-order chi connectivity index (χ1) is 6.04. The van der Waals surface area contributed by atoms with E-state index in [-0.39, 0.29) is 12.0 Å². The van der Waals surface area contributed by atoms with Gasteiger partial charge in [0.2, 0.25) is 0 Å². The first-order valence-corrected chi connectivity index (χ1v) is 5.18. The van der Waals surface area contributed by atoms with Crippen LogP contribution < -0.4 is 5.73 Å². The summed E-state index contributed by atoms with van der Waals surface area (Å²) in [4.78, 5) is 0. The molecule has 0 bridgehead atoms. The van der Waals surface area contributed by atoms with E-state index in [1.165, 1.54) is 0 Å². The summed E-state index contributed by atoms with van der Waals surface area (Å²) in [5, 5.41) is 0. The van der Waals surface area contributed by atoms with Crippen LogP contribution in [0.15, 0.2) is 0 Å². The molecule has 2 aliphatic rings. The summed E-state index contributed by atoms with van der Waals surface area (Å²) < 4.78 is 26.8. The Kier molecular flexibility index (Phi) is 1.92. The fourth-order valence-corrected chi connectivity index (χ4v) is 3.08. The van der Waals surface area contributed by atoms with Crippen LogP contribution in [0.1, 0.15) is 39.0 Å². The van der Waals surface area contributed by atoms with Gasteiger partial charge in [0.05, 0.1) is 0 Å². The van der Waals surface area contributed by atoms with Crippen LogP contribution in [0.4, 0.5) is 8.78 Å². The first-order valence-electron chi connectivity index (χ1n) is 5.18. The van der Waals surface area contributed by atoms with Crippen molar-refractivity contribution in [1.29, 1.82) is 0 Å². The number of hydrogen-bond acceptors (Lipinski definition) is 1. The molecule has 2 saturated carbocycles. The van der Waals surface area contributed by atoms with Gasteiger partial charge in [0, 0.05) is 17.4 Å². The molecule has 2 aliphatic carbocycles. The Balaban J connectivity index is 2.08. The van der Waals surface area contributed by atoms with E-state index in [4.69, 9.17) is 5.73 Å². The van der Waals surface area contributed by atoms with Gasteiger partial charge in [-0.1, -0.05) is 6.92 Å². The predicted octanol–water partition coefficient (Wildman–Crippen LogP) is 2.55. The van der Waals surface area contributed by atoms with E-state index in [0.29, 0.717) is 19.3 Å². The molecule has 2 rings (SSSR count). The van der Waals surface area contributed by atoms with E-state index in [1.54, 1.807) is 0 Å². The lowest BCUT2D eigenvalue weighted by atomic mass is 9.81. The summed E-state index contributed by atoms with van der Waals surface area (Å²) in [5.74, 6) is -2.74. The maximum absolute atomic E-state index is 13.4. The van der Waals surface area contributed by atoms with Crippen LogP contribution in [0, 0.1) is 11.3 Å². The fraction of sp³-hybridized carbons (Fsp3) is 1.00. The highest BCUT2D eigenvalue weighted by Crippen LogP contribution is 2.72. The molecule has 76 valence electrons. The highest BCUT2D eigenvalue weighted by molar-refractivity contribution is 5.18. The maximum Gasteiger partial charge on any atom is 0.257 e. The smallest absolute Gasteiger partial charge is 0.257 e. The molecule has 0 aliphatic heterocycles. The van der Waals surface area contributed by atoms with Crippen LogP contribution >= 0.6 is 0 Å². The molecule has 0 aromatic carbocycles. The summed E-state index contributed by atoms with van der Waals surface area (Å²) in [5.41, 5.74) is 5.07. The topological polar surface area (TPSA) is 26.0 Å². The zero-order valence-corrected chi connectivity index (χ0v) is 8.02. The zero-order valence-electron chi connectivity index (χ0n) is 8.02. The van der Waals surface area contributed by atoms with Gasteiger partial charge in [-0.3, -0.25) is 0 Å². The molecule has 2 fully saturated rings. The van der Waals surface area contributed by atoms with Gasteiger partial charge in [-0.25, -0.2) is 8.78 Å². The third-order valence-electron chi connectivity index (χ3n) is 4.02. The standard InChI is InChI=1S/C10H17F2N/c1-2-8-9(10(8,11)12)5-3-7(13)4-6-9/h7-8H,2-6,13H2,1H3. The van der Waals surface area contributed by atoms with E-state index in [2.05, 4.69) is 0 Å². The van der Waals surface area contributed by atoms with Crippen molar-refractivity contribution in [3.8, 4) is 0 Å². The van der Waals surface area contributed by atoms with Crippen molar-refractivity contribution in [2.75, 3.05) is 0 Å². The normalized spacial score (nSPS) is 48.0. The van der Waals surface area contributed by atoms with Crippen molar-refractivity contribution in [1.82, 2.24) is 0 Å². The lowest BCUT2D eigenvalue weighted by molar-refractivity contribution is 0.0417. The Hall–Kier alpha value is -0.180. The Morgan fingerprint density at radius 3 is 2.23 bits per heavy atom. The third kappa shape index (κ3) is 1.06. The lowest BCUT2D eigenvalue weighted by Gasteiger charge is -2.26. The van der Waals surface area contributed by atoms with Crippen molar-refractivity contribution < 1.29 is 8.78 Å². The molecule has 1 nitrogen and oxygen atoms in total. The Bertz CT molecular complexity index is 207. The van der Waals surface area contributed by atoms with Crippen LogP contribution in [0.25, 0.3) is 0 Å². The molecule has 0 saturated heterocycles. The molecule has 0 aromatic heterocycles. The third-order valence-corrected chi connectivity index (χ3v) is 4.02. The SMILES string of the molecule is CCC1C(F)(F)C12CCC(N)CC2. The molecule has 13 heavy (non-hydrogen) atoms. The lowest BCUT2D eigenvalue weighted by Crippen LogP contribution is -2.29. The minimum absolute atomic E-state index is 0.166. The van der Waals surface area contributed by atoms with Gasteiger partial charge in [0.1, 0.15) is 0 Å². The van der Waals surface area contributed by atoms with Crippen molar-refractivity contribution in [2.24, 2.45) is 17.1 Å². The molecule has 1 unspecified atom stereocenters. The summed E-state index contributed by atoms with van der Waals surface area (Å²) >= 11 is 0. The number of alkyl halides is 2. The minimum atomic E-state index is -2.39. The van der Waals surface area contributed by atoms with Gasteiger partial charge in [-0.05, 0) is 32.1 Å². The van der Waals surface area contributed by atoms with Gasteiger partial charge >= 0.3 is 0 Å². The van der Waals surface area contributed by atoms with Gasteiger partial charge in [0.25, 0.3) is 5.92 Å². The van der Waals surface area contributed by atoms with E-state index in [1.807, 2.05) is 6.92 Å². The molecule has 0 aromatic rings. The van der Waals surface area contributed by atoms with E-state index in [9.17, 15) is 8.78 Å². The predicted molar refractivity (Wildman–Crippen MR) is 47.6 cm³/mol.